The van der Waals surface area contributed by atoms with Gasteiger partial charge in [0.2, 0.25) is 0 Å². The molecule has 0 aromatic rings. The fraction of sp³-hybridized carbons (Fsp3) is 0.875. The van der Waals surface area contributed by atoms with Gasteiger partial charge in [-0.3, -0.25) is 9.79 Å². The first kappa shape index (κ1) is 21.5. The van der Waals surface area contributed by atoms with Gasteiger partial charge in [0.15, 0.2) is 5.96 Å². The van der Waals surface area contributed by atoms with Crippen molar-refractivity contribution in [2.75, 3.05) is 13.7 Å². The number of nitrogens with zero attached hydrogens (tertiary/aromatic N) is 1. The molecule has 6 heteroatoms. The van der Waals surface area contributed by atoms with Crippen molar-refractivity contribution in [3.63, 3.8) is 0 Å². The van der Waals surface area contributed by atoms with Crippen LogP contribution in [0, 0.1) is 0 Å². The van der Waals surface area contributed by atoms with Crippen LogP contribution in [0.4, 0.5) is 0 Å². The summed E-state index contributed by atoms with van der Waals surface area (Å²) in [7, 11) is 1.43. The smallest absolute Gasteiger partial charge is 0.305 e. The molecule has 1 fully saturated rings. The zero-order valence-electron chi connectivity index (χ0n) is 13.8. The Bertz CT molecular complexity index is 317. The summed E-state index contributed by atoms with van der Waals surface area (Å²) in [6, 6.07) is 0.510. The van der Waals surface area contributed by atoms with Crippen molar-refractivity contribution in [1.82, 2.24) is 5.32 Å². The molecular formula is C16H32IN3O2. The maximum Gasteiger partial charge on any atom is 0.305 e. The largest absolute Gasteiger partial charge is 0.469 e. The number of esters is 1. The molecule has 130 valence electrons. The summed E-state index contributed by atoms with van der Waals surface area (Å²) in [5.41, 5.74) is 5.93. The van der Waals surface area contributed by atoms with Gasteiger partial charge in [-0.2, -0.15) is 0 Å². The Morgan fingerprint density at radius 3 is 2.41 bits per heavy atom. The van der Waals surface area contributed by atoms with Crippen LogP contribution in [0.5, 0.6) is 0 Å². The first-order valence-electron chi connectivity index (χ1n) is 8.35. The van der Waals surface area contributed by atoms with Crippen molar-refractivity contribution < 1.29 is 9.53 Å². The lowest BCUT2D eigenvalue weighted by molar-refractivity contribution is -0.140. The molecule has 1 aliphatic rings. The number of nitrogens with two attached hydrogens (primary N) is 1. The van der Waals surface area contributed by atoms with E-state index in [2.05, 4.69) is 15.0 Å². The van der Waals surface area contributed by atoms with E-state index < -0.39 is 0 Å². The Labute approximate surface area is 151 Å². The number of carbonyl (C=O) groups excluding carboxylic acids is 1. The summed E-state index contributed by atoms with van der Waals surface area (Å²) >= 11 is 0. The number of aliphatic imine (C=N–C) groups is 1. The molecule has 0 bridgehead atoms. The topological polar surface area (TPSA) is 76.7 Å². The minimum Gasteiger partial charge on any atom is -0.469 e. The maximum absolute atomic E-state index is 10.9. The SMILES string of the molecule is COC(=O)CCCCCCN=C(N)NC1CCCCCC1.I. The summed E-state index contributed by atoms with van der Waals surface area (Å²) in [6.07, 6.45) is 12.3. The molecule has 0 saturated heterocycles. The monoisotopic (exact) mass is 425 g/mol. The molecule has 1 aliphatic carbocycles. The molecule has 1 saturated carbocycles. The summed E-state index contributed by atoms with van der Waals surface area (Å²) in [5, 5.41) is 3.35. The van der Waals surface area contributed by atoms with Gasteiger partial charge >= 0.3 is 5.97 Å². The predicted octanol–water partition coefficient (Wildman–Crippen LogP) is 3.36. The first-order valence-corrected chi connectivity index (χ1v) is 8.35. The third-order valence-corrected chi connectivity index (χ3v) is 4.01. The highest BCUT2D eigenvalue weighted by molar-refractivity contribution is 14.0. The number of guanidine groups is 1. The average molecular weight is 425 g/mol. The number of carbonyl (C=O) groups is 1. The molecule has 0 spiro atoms. The van der Waals surface area contributed by atoms with Crippen molar-refractivity contribution >= 4 is 35.9 Å². The van der Waals surface area contributed by atoms with Crippen LogP contribution in [0.25, 0.3) is 0 Å². The van der Waals surface area contributed by atoms with Crippen LogP contribution < -0.4 is 11.1 Å². The highest BCUT2D eigenvalue weighted by atomic mass is 127. The van der Waals surface area contributed by atoms with E-state index in [0.717, 1.165) is 32.2 Å². The Balaban J connectivity index is 0.00000441. The summed E-state index contributed by atoms with van der Waals surface area (Å²) < 4.78 is 4.60. The molecule has 3 N–H and O–H groups in total. The third-order valence-electron chi connectivity index (χ3n) is 4.01. The lowest BCUT2D eigenvalue weighted by atomic mass is 10.1. The van der Waals surface area contributed by atoms with Crippen LogP contribution >= 0.6 is 24.0 Å². The average Bonchev–Trinajstić information content (AvgIpc) is 2.74. The second kappa shape index (κ2) is 14.1. The van der Waals surface area contributed by atoms with E-state index in [0.29, 0.717) is 18.4 Å². The van der Waals surface area contributed by atoms with E-state index in [1.807, 2.05) is 0 Å². The normalized spacial score (nSPS) is 16.5. The predicted molar refractivity (Wildman–Crippen MR) is 102 cm³/mol. The Morgan fingerprint density at radius 1 is 1.14 bits per heavy atom. The van der Waals surface area contributed by atoms with E-state index in [1.165, 1.54) is 45.6 Å². The molecule has 5 nitrogen and oxygen atoms in total. The zero-order chi connectivity index (χ0) is 15.3. The standard InChI is InChI=1S/C16H31N3O2.HI/c1-21-15(20)12-8-4-5-9-13-18-16(17)19-14-10-6-2-3-7-11-14;/h14H,2-13H2,1H3,(H3,17,18,19);1H. The van der Waals surface area contributed by atoms with Crippen molar-refractivity contribution in [2.24, 2.45) is 10.7 Å². The van der Waals surface area contributed by atoms with Gasteiger partial charge in [-0.1, -0.05) is 38.5 Å². The number of ether oxygens (including phenoxy) is 1. The minimum absolute atomic E-state index is 0. The number of methoxy groups -OCH3 is 1. The van der Waals surface area contributed by atoms with Crippen LogP contribution in [-0.2, 0) is 9.53 Å². The molecular weight excluding hydrogens is 393 g/mol. The second-order valence-corrected chi connectivity index (χ2v) is 5.84. The van der Waals surface area contributed by atoms with Crippen LogP contribution in [-0.4, -0.2) is 31.6 Å². The van der Waals surface area contributed by atoms with E-state index in [9.17, 15) is 4.79 Å². The van der Waals surface area contributed by atoms with Crippen LogP contribution in [0.3, 0.4) is 0 Å². The third kappa shape index (κ3) is 11.1. The van der Waals surface area contributed by atoms with Crippen LogP contribution in [0.15, 0.2) is 4.99 Å². The van der Waals surface area contributed by atoms with Gasteiger partial charge in [0.1, 0.15) is 0 Å². The van der Waals surface area contributed by atoms with Gasteiger partial charge in [-0.15, -0.1) is 24.0 Å². The highest BCUT2D eigenvalue weighted by Gasteiger charge is 2.11. The first-order chi connectivity index (χ1) is 10.2. The number of unbranched alkanes of at least 4 members (excludes halogenated alkanes) is 3. The fourth-order valence-corrected chi connectivity index (χ4v) is 2.71. The molecule has 0 aromatic heterocycles. The number of rotatable bonds is 8. The molecule has 0 atom stereocenters. The van der Waals surface area contributed by atoms with E-state index in [4.69, 9.17) is 5.73 Å². The molecule has 0 heterocycles. The molecule has 22 heavy (non-hydrogen) atoms. The molecule has 0 unspecified atom stereocenters. The lowest BCUT2D eigenvalue weighted by Gasteiger charge is -2.16. The van der Waals surface area contributed by atoms with Gasteiger partial charge in [0.25, 0.3) is 0 Å². The maximum atomic E-state index is 10.9. The Morgan fingerprint density at radius 2 is 1.77 bits per heavy atom. The van der Waals surface area contributed by atoms with Crippen LogP contribution in [0.1, 0.15) is 70.6 Å². The van der Waals surface area contributed by atoms with Crippen molar-refractivity contribution in [2.45, 2.75) is 76.7 Å². The quantitative estimate of drug-likeness (QED) is 0.156. The fourth-order valence-electron chi connectivity index (χ4n) is 2.71. The zero-order valence-corrected chi connectivity index (χ0v) is 16.1. The Hall–Kier alpha value is -0.530. The summed E-state index contributed by atoms with van der Waals surface area (Å²) in [6.45, 7) is 0.768. The number of hydrogen-bond acceptors (Lipinski definition) is 3. The van der Waals surface area contributed by atoms with E-state index in [-0.39, 0.29) is 29.9 Å². The molecule has 0 radical (unpaired) electrons. The summed E-state index contributed by atoms with van der Waals surface area (Å²) in [4.78, 5) is 15.3. The highest BCUT2D eigenvalue weighted by Crippen LogP contribution is 2.16. The summed E-state index contributed by atoms with van der Waals surface area (Å²) in [5.74, 6) is 0.473. The minimum atomic E-state index is -0.120. The van der Waals surface area contributed by atoms with E-state index >= 15 is 0 Å². The van der Waals surface area contributed by atoms with Gasteiger partial charge < -0.3 is 15.8 Å². The van der Waals surface area contributed by atoms with Gasteiger partial charge in [-0.05, 0) is 25.7 Å². The van der Waals surface area contributed by atoms with Gasteiger partial charge in [-0.25, -0.2) is 0 Å². The molecule has 0 amide bonds. The Kier molecular flexibility index (Phi) is 13.7. The van der Waals surface area contributed by atoms with E-state index in [1.54, 1.807) is 0 Å². The molecule has 0 aromatic carbocycles. The molecule has 1 rings (SSSR count). The number of halogens is 1. The molecule has 0 aliphatic heterocycles. The van der Waals surface area contributed by atoms with Gasteiger partial charge in [0, 0.05) is 19.0 Å². The lowest BCUT2D eigenvalue weighted by Crippen LogP contribution is -2.39. The van der Waals surface area contributed by atoms with Crippen molar-refractivity contribution in [3.8, 4) is 0 Å². The van der Waals surface area contributed by atoms with Gasteiger partial charge in [0.05, 0.1) is 7.11 Å². The number of nitrogens with one attached hydrogen (secondary N) is 1. The van der Waals surface area contributed by atoms with Crippen LogP contribution in [0.2, 0.25) is 0 Å². The second-order valence-electron chi connectivity index (χ2n) is 5.84. The van der Waals surface area contributed by atoms with Crippen molar-refractivity contribution in [3.05, 3.63) is 0 Å². The van der Waals surface area contributed by atoms with Crippen molar-refractivity contribution in [1.29, 1.82) is 0 Å². The number of hydrogen-bond donors (Lipinski definition) is 2.